The molecule has 0 spiro atoms. The highest BCUT2D eigenvalue weighted by molar-refractivity contribution is 5.76. The predicted molar refractivity (Wildman–Crippen MR) is 304 cm³/mol. The summed E-state index contributed by atoms with van der Waals surface area (Å²) in [5.41, 5.74) is 0. The lowest BCUT2D eigenvalue weighted by Crippen LogP contribution is -2.65. The molecule has 0 radical (unpaired) electrons. The summed E-state index contributed by atoms with van der Waals surface area (Å²) in [6.07, 6.45) is 45.1. The third kappa shape index (κ3) is 32.5. The van der Waals surface area contributed by atoms with Gasteiger partial charge in [0, 0.05) is 6.42 Å². The zero-order valence-corrected chi connectivity index (χ0v) is 47.2. The molecule has 2 aliphatic heterocycles. The van der Waals surface area contributed by atoms with Crippen molar-refractivity contribution in [3.8, 4) is 0 Å². The average molecular weight is 1080 g/mol. The van der Waals surface area contributed by atoms with Gasteiger partial charge in [-0.2, -0.15) is 0 Å². The van der Waals surface area contributed by atoms with Gasteiger partial charge in [-0.1, -0.05) is 215 Å². The fourth-order valence-corrected chi connectivity index (χ4v) is 9.53. The maximum Gasteiger partial charge on any atom is 0.220 e. The summed E-state index contributed by atoms with van der Waals surface area (Å²) in [4.78, 5) is 13.3. The highest BCUT2D eigenvalue weighted by Gasteiger charge is 2.51. The fraction of sp³-hybridized carbons (Fsp3) is 0.790. The van der Waals surface area contributed by atoms with Crippen LogP contribution in [0, 0.1) is 0 Å². The van der Waals surface area contributed by atoms with Crippen molar-refractivity contribution >= 4 is 5.91 Å². The number of aliphatic hydroxyl groups excluding tert-OH is 8. The van der Waals surface area contributed by atoms with E-state index < -0.39 is 86.8 Å². The van der Waals surface area contributed by atoms with E-state index in [0.717, 1.165) is 57.8 Å². The van der Waals surface area contributed by atoms with Crippen LogP contribution in [0.5, 0.6) is 0 Å². The van der Waals surface area contributed by atoms with Crippen molar-refractivity contribution in [3.63, 3.8) is 0 Å². The Bertz CT molecular complexity index is 1550. The van der Waals surface area contributed by atoms with Gasteiger partial charge in [-0.25, -0.2) is 0 Å². The molecule has 1 amide bonds. The molecule has 12 atom stereocenters. The SMILES string of the molecule is CC/C=C\C/C=C\C/C=C\C/C=C\CCCCCCCCCCCCCCCCC(=O)NC(COC1OC(CO)C(OC2OC(CO)C(O)C(O)C2O)C(O)C1O)C(O)/C=C/CC/C=C/CCCCCCCCCCC. The Morgan fingerprint density at radius 2 is 0.921 bits per heavy atom. The molecule has 2 rings (SSSR count). The number of carbonyl (C=O) groups excluding carboxylic acids is 1. The topological polar surface area (TPSA) is 228 Å². The lowest BCUT2D eigenvalue weighted by Gasteiger charge is -2.46. The average Bonchev–Trinajstić information content (AvgIpc) is 3.42. The van der Waals surface area contributed by atoms with Crippen LogP contribution >= 0.6 is 0 Å². The molecule has 0 bridgehead atoms. The Balaban J connectivity index is 1.73. The Kier molecular flexibility index (Phi) is 43.2. The molecule has 0 aliphatic carbocycles. The summed E-state index contributed by atoms with van der Waals surface area (Å²) in [5, 5.41) is 87.0. The lowest BCUT2D eigenvalue weighted by molar-refractivity contribution is -0.359. The minimum Gasteiger partial charge on any atom is -0.394 e. The molecule has 12 unspecified atom stereocenters. The number of hydrogen-bond acceptors (Lipinski definition) is 13. The van der Waals surface area contributed by atoms with Gasteiger partial charge in [-0.15, -0.1) is 0 Å². The minimum atomic E-state index is -1.79. The molecule has 2 saturated heterocycles. The van der Waals surface area contributed by atoms with E-state index in [0.29, 0.717) is 12.8 Å². The molecule has 0 aromatic rings. The third-order valence-electron chi connectivity index (χ3n) is 14.4. The van der Waals surface area contributed by atoms with Crippen LogP contribution in [0.4, 0.5) is 0 Å². The number of carbonyl (C=O) groups is 1. The van der Waals surface area contributed by atoms with E-state index in [1.54, 1.807) is 6.08 Å². The molecule has 0 aromatic carbocycles. The standard InChI is InChI=1S/C62H109NO13/c1-3-5-7-9-11-13-15-17-19-20-21-22-23-24-25-26-27-28-29-30-32-34-36-38-40-42-44-46-54(67)63-50(51(66)45-43-41-39-37-35-33-31-18-16-14-12-10-8-6-4-2)49-73-61-59(72)57(70)60(53(48-65)75-61)76-62-58(71)56(69)55(68)52(47-64)74-62/h5,7,11,13,17,19,21-22,35,37,43,45,50-53,55-62,64-66,68-72H,3-4,6,8-10,12,14-16,18,20,23-34,36,38-42,44,46-49H2,1-2H3,(H,63,67)/b7-5-,13-11-,19-17-,22-21-,37-35+,45-43+. The molecule has 76 heavy (non-hydrogen) atoms. The maximum absolute atomic E-state index is 13.3. The number of unbranched alkanes of at least 4 members (excludes halogenated alkanes) is 24. The molecule has 0 aromatic heterocycles. The summed E-state index contributed by atoms with van der Waals surface area (Å²) in [6.45, 7) is 2.66. The van der Waals surface area contributed by atoms with Crippen LogP contribution in [-0.2, 0) is 23.7 Å². The molecule has 9 N–H and O–H groups in total. The lowest BCUT2D eigenvalue weighted by atomic mass is 9.97. The van der Waals surface area contributed by atoms with E-state index in [1.165, 1.54) is 128 Å². The third-order valence-corrected chi connectivity index (χ3v) is 14.4. The van der Waals surface area contributed by atoms with Gasteiger partial charge in [0.1, 0.15) is 48.8 Å². The second-order valence-electron chi connectivity index (χ2n) is 21.1. The number of allylic oxidation sites excluding steroid dienone is 11. The minimum absolute atomic E-state index is 0.252. The van der Waals surface area contributed by atoms with Crippen LogP contribution in [0.3, 0.4) is 0 Å². The largest absolute Gasteiger partial charge is 0.394 e. The first kappa shape index (κ1) is 69.5. The second kappa shape index (κ2) is 47.3. The van der Waals surface area contributed by atoms with Crippen molar-refractivity contribution in [2.75, 3.05) is 19.8 Å². The van der Waals surface area contributed by atoms with Gasteiger partial charge in [0.2, 0.25) is 5.91 Å². The van der Waals surface area contributed by atoms with Crippen molar-refractivity contribution in [2.24, 2.45) is 0 Å². The number of amides is 1. The monoisotopic (exact) mass is 1080 g/mol. The number of nitrogens with one attached hydrogen (secondary N) is 1. The van der Waals surface area contributed by atoms with E-state index in [4.69, 9.17) is 18.9 Å². The number of hydrogen-bond donors (Lipinski definition) is 9. The van der Waals surface area contributed by atoms with Crippen LogP contribution in [0.1, 0.15) is 219 Å². The van der Waals surface area contributed by atoms with E-state index >= 15 is 0 Å². The van der Waals surface area contributed by atoms with Crippen molar-refractivity contribution in [2.45, 2.75) is 293 Å². The number of rotatable bonds is 47. The van der Waals surface area contributed by atoms with Crippen molar-refractivity contribution in [1.29, 1.82) is 0 Å². The highest BCUT2D eigenvalue weighted by Crippen LogP contribution is 2.30. The number of ether oxygens (including phenoxy) is 4. The molecular weight excluding hydrogens is 967 g/mol. The molecule has 2 heterocycles. The maximum atomic E-state index is 13.3. The molecule has 14 nitrogen and oxygen atoms in total. The van der Waals surface area contributed by atoms with Crippen molar-refractivity contribution in [1.82, 2.24) is 5.32 Å². The molecule has 440 valence electrons. The summed E-state index contributed by atoms with van der Waals surface area (Å²) < 4.78 is 22.7. The van der Waals surface area contributed by atoms with E-state index in [1.807, 2.05) is 6.08 Å². The first-order valence-electron chi connectivity index (χ1n) is 30.2. The second-order valence-corrected chi connectivity index (χ2v) is 21.1. The summed E-state index contributed by atoms with van der Waals surface area (Å²) >= 11 is 0. The molecule has 14 heteroatoms. The first-order valence-corrected chi connectivity index (χ1v) is 30.2. The Morgan fingerprint density at radius 1 is 0.487 bits per heavy atom. The van der Waals surface area contributed by atoms with Gasteiger partial charge < -0.3 is 65.1 Å². The van der Waals surface area contributed by atoms with Crippen LogP contribution in [0.2, 0.25) is 0 Å². The van der Waals surface area contributed by atoms with Gasteiger partial charge in [0.25, 0.3) is 0 Å². The van der Waals surface area contributed by atoms with Crippen molar-refractivity contribution in [3.05, 3.63) is 72.9 Å². The Labute approximate surface area is 459 Å². The predicted octanol–water partition coefficient (Wildman–Crippen LogP) is 10.3. The van der Waals surface area contributed by atoms with Crippen LogP contribution in [-0.4, -0.2) is 140 Å². The molecule has 2 fully saturated rings. The van der Waals surface area contributed by atoms with E-state index in [-0.39, 0.29) is 18.9 Å². The summed E-state index contributed by atoms with van der Waals surface area (Å²) in [7, 11) is 0. The zero-order valence-electron chi connectivity index (χ0n) is 47.2. The fourth-order valence-electron chi connectivity index (χ4n) is 9.53. The van der Waals surface area contributed by atoms with Crippen LogP contribution < -0.4 is 5.32 Å². The molecule has 2 aliphatic rings. The van der Waals surface area contributed by atoms with Gasteiger partial charge in [0.15, 0.2) is 12.6 Å². The smallest absolute Gasteiger partial charge is 0.220 e. The van der Waals surface area contributed by atoms with Gasteiger partial charge in [-0.3, -0.25) is 4.79 Å². The quantitative estimate of drug-likeness (QED) is 0.0204. The van der Waals surface area contributed by atoms with Crippen LogP contribution in [0.15, 0.2) is 72.9 Å². The number of aliphatic hydroxyl groups is 8. The normalized spacial score (nSPS) is 25.4. The molecule has 0 saturated carbocycles. The first-order chi connectivity index (χ1) is 37.1. The van der Waals surface area contributed by atoms with Gasteiger partial charge in [0.05, 0.1) is 32.0 Å². The summed E-state index contributed by atoms with van der Waals surface area (Å²) in [5.74, 6) is -0.252. The van der Waals surface area contributed by atoms with E-state index in [9.17, 15) is 45.6 Å². The van der Waals surface area contributed by atoms with Gasteiger partial charge in [-0.05, 0) is 70.6 Å². The highest BCUT2D eigenvalue weighted by atomic mass is 16.7. The van der Waals surface area contributed by atoms with Crippen molar-refractivity contribution < 1.29 is 64.6 Å². The molecular formula is C62H109NO13. The van der Waals surface area contributed by atoms with Gasteiger partial charge >= 0.3 is 0 Å². The van der Waals surface area contributed by atoms with Crippen LogP contribution in [0.25, 0.3) is 0 Å². The zero-order chi connectivity index (χ0) is 55.3. The Hall–Kier alpha value is -2.57. The summed E-state index contributed by atoms with van der Waals surface area (Å²) in [6, 6.07) is -0.934. The Morgan fingerprint density at radius 3 is 1.45 bits per heavy atom. The van der Waals surface area contributed by atoms with E-state index in [2.05, 4.69) is 79.9 Å².